The standard InChI is InChI=1S/C15H11Br2N3O2S/c1-7-8(2)23-14-12(7)15(22)20(6-18-14)19-5-9-3-10(16)4-11(17)13(9)21/h3-6,21H,1-2H3. The smallest absolute Gasteiger partial charge is 0.282 e. The van der Waals surface area contributed by atoms with Gasteiger partial charge >= 0.3 is 0 Å². The Morgan fingerprint density at radius 3 is 2.83 bits per heavy atom. The number of thiophene rings is 1. The number of rotatable bonds is 2. The van der Waals surface area contributed by atoms with Gasteiger partial charge < -0.3 is 5.11 Å². The zero-order valence-electron chi connectivity index (χ0n) is 12.2. The average molecular weight is 457 g/mol. The van der Waals surface area contributed by atoms with Gasteiger partial charge in [0.2, 0.25) is 0 Å². The lowest BCUT2D eigenvalue weighted by molar-refractivity contribution is 0.471. The molecule has 118 valence electrons. The van der Waals surface area contributed by atoms with Crippen molar-refractivity contribution in [2.75, 3.05) is 0 Å². The summed E-state index contributed by atoms with van der Waals surface area (Å²) < 4.78 is 2.50. The quantitative estimate of drug-likeness (QED) is 0.588. The summed E-state index contributed by atoms with van der Waals surface area (Å²) >= 11 is 8.11. The summed E-state index contributed by atoms with van der Waals surface area (Å²) in [5.41, 5.74) is 1.19. The number of hydrogen-bond acceptors (Lipinski definition) is 5. The molecule has 1 aromatic carbocycles. The van der Waals surface area contributed by atoms with E-state index in [4.69, 9.17) is 0 Å². The van der Waals surface area contributed by atoms with Gasteiger partial charge in [-0.3, -0.25) is 4.79 Å². The molecule has 23 heavy (non-hydrogen) atoms. The molecular formula is C15H11Br2N3O2S. The summed E-state index contributed by atoms with van der Waals surface area (Å²) in [4.78, 5) is 18.6. The molecule has 2 aromatic heterocycles. The highest BCUT2D eigenvalue weighted by molar-refractivity contribution is 9.11. The molecule has 0 amide bonds. The fourth-order valence-electron chi connectivity index (χ4n) is 2.12. The highest BCUT2D eigenvalue weighted by Crippen LogP contribution is 2.30. The topological polar surface area (TPSA) is 67.5 Å². The maximum atomic E-state index is 12.5. The molecule has 3 aromatic rings. The first-order valence-corrected chi connectivity index (χ1v) is 8.98. The molecule has 3 rings (SSSR count). The largest absolute Gasteiger partial charge is 0.506 e. The monoisotopic (exact) mass is 455 g/mol. The van der Waals surface area contributed by atoms with Gasteiger partial charge in [0.15, 0.2) is 0 Å². The second kappa shape index (κ2) is 6.18. The second-order valence-electron chi connectivity index (χ2n) is 4.93. The third kappa shape index (κ3) is 2.98. The molecule has 0 saturated carbocycles. The Morgan fingerprint density at radius 2 is 2.09 bits per heavy atom. The Kier molecular flexibility index (Phi) is 4.39. The van der Waals surface area contributed by atoms with E-state index in [-0.39, 0.29) is 11.3 Å². The van der Waals surface area contributed by atoms with E-state index in [0.717, 1.165) is 14.9 Å². The molecule has 0 aliphatic carbocycles. The summed E-state index contributed by atoms with van der Waals surface area (Å²) in [5, 5.41) is 14.8. The van der Waals surface area contributed by atoms with Crippen LogP contribution >= 0.6 is 43.2 Å². The SMILES string of the molecule is Cc1sc2ncn(N=Cc3cc(Br)cc(Br)c3O)c(=O)c2c1C. The van der Waals surface area contributed by atoms with Crippen molar-refractivity contribution in [3.05, 3.63) is 53.8 Å². The zero-order chi connectivity index (χ0) is 16.7. The van der Waals surface area contributed by atoms with Gasteiger partial charge in [-0.2, -0.15) is 9.78 Å². The highest BCUT2D eigenvalue weighted by atomic mass is 79.9. The van der Waals surface area contributed by atoms with Crippen LogP contribution in [0.5, 0.6) is 5.75 Å². The Bertz CT molecular complexity index is 1010. The lowest BCUT2D eigenvalue weighted by Crippen LogP contribution is -2.17. The van der Waals surface area contributed by atoms with E-state index < -0.39 is 0 Å². The number of phenols is 1. The Labute approximate surface area is 152 Å². The van der Waals surface area contributed by atoms with E-state index >= 15 is 0 Å². The highest BCUT2D eigenvalue weighted by Gasteiger charge is 2.12. The minimum absolute atomic E-state index is 0.0570. The van der Waals surface area contributed by atoms with Crippen molar-refractivity contribution >= 4 is 59.6 Å². The lowest BCUT2D eigenvalue weighted by Gasteiger charge is -2.03. The summed E-state index contributed by atoms with van der Waals surface area (Å²) in [5.74, 6) is 0.0570. The van der Waals surface area contributed by atoms with Gasteiger partial charge in [-0.05, 0) is 47.5 Å². The first kappa shape index (κ1) is 16.4. The average Bonchev–Trinajstić information content (AvgIpc) is 2.79. The van der Waals surface area contributed by atoms with Crippen molar-refractivity contribution in [2.24, 2.45) is 5.10 Å². The van der Waals surface area contributed by atoms with E-state index in [0.29, 0.717) is 20.3 Å². The minimum Gasteiger partial charge on any atom is -0.506 e. The van der Waals surface area contributed by atoms with E-state index in [9.17, 15) is 9.90 Å². The third-order valence-electron chi connectivity index (χ3n) is 3.45. The maximum absolute atomic E-state index is 12.5. The number of hydrogen-bond donors (Lipinski definition) is 1. The van der Waals surface area contributed by atoms with Gasteiger partial charge in [-0.15, -0.1) is 11.3 Å². The van der Waals surface area contributed by atoms with E-state index in [1.807, 2.05) is 13.8 Å². The van der Waals surface area contributed by atoms with Crippen molar-refractivity contribution < 1.29 is 5.11 Å². The number of aromatic hydroxyl groups is 1. The fraction of sp³-hybridized carbons (Fsp3) is 0.133. The maximum Gasteiger partial charge on any atom is 0.282 e. The van der Waals surface area contributed by atoms with Gasteiger partial charge in [0.05, 0.1) is 16.1 Å². The van der Waals surface area contributed by atoms with Gasteiger partial charge in [-0.25, -0.2) is 4.98 Å². The molecule has 2 heterocycles. The van der Waals surface area contributed by atoms with E-state index in [1.165, 1.54) is 28.6 Å². The Morgan fingerprint density at radius 1 is 1.35 bits per heavy atom. The number of aromatic nitrogens is 2. The Balaban J connectivity index is 2.10. The molecular weight excluding hydrogens is 446 g/mol. The van der Waals surface area contributed by atoms with Crippen molar-refractivity contribution in [1.82, 2.24) is 9.66 Å². The molecule has 0 bridgehead atoms. The molecule has 0 aliphatic rings. The molecule has 0 aliphatic heterocycles. The van der Waals surface area contributed by atoms with Crippen LogP contribution in [0.4, 0.5) is 0 Å². The predicted octanol–water partition coefficient (Wildman–Crippen LogP) is 4.19. The summed E-state index contributed by atoms with van der Waals surface area (Å²) in [6, 6.07) is 3.44. The molecule has 0 saturated heterocycles. The van der Waals surface area contributed by atoms with E-state index in [1.54, 1.807) is 12.1 Å². The van der Waals surface area contributed by atoms with Gasteiger partial charge in [0.1, 0.15) is 16.9 Å². The number of aryl methyl sites for hydroxylation is 2. The van der Waals surface area contributed by atoms with Gasteiger partial charge in [-0.1, -0.05) is 15.9 Å². The first-order valence-electron chi connectivity index (χ1n) is 6.58. The van der Waals surface area contributed by atoms with Crippen LogP contribution < -0.4 is 5.56 Å². The van der Waals surface area contributed by atoms with Crippen molar-refractivity contribution in [1.29, 1.82) is 0 Å². The van der Waals surface area contributed by atoms with Crippen LogP contribution in [0.15, 0.2) is 37.3 Å². The normalized spacial score (nSPS) is 11.7. The summed E-state index contributed by atoms with van der Waals surface area (Å²) in [6.07, 6.45) is 2.81. The molecule has 0 radical (unpaired) electrons. The zero-order valence-corrected chi connectivity index (χ0v) is 16.2. The number of phenolic OH excluding ortho intramolecular Hbond substituents is 1. The molecule has 1 N–H and O–H groups in total. The van der Waals surface area contributed by atoms with Crippen LogP contribution in [-0.2, 0) is 0 Å². The first-order chi connectivity index (χ1) is 10.9. The van der Waals surface area contributed by atoms with Crippen molar-refractivity contribution in [2.45, 2.75) is 13.8 Å². The van der Waals surface area contributed by atoms with Crippen LogP contribution in [0.3, 0.4) is 0 Å². The van der Waals surface area contributed by atoms with Crippen LogP contribution in [0.1, 0.15) is 16.0 Å². The van der Waals surface area contributed by atoms with Crippen LogP contribution in [0.25, 0.3) is 10.2 Å². The van der Waals surface area contributed by atoms with Crippen molar-refractivity contribution in [3.8, 4) is 5.75 Å². The lowest BCUT2D eigenvalue weighted by atomic mass is 10.2. The van der Waals surface area contributed by atoms with Crippen LogP contribution in [0.2, 0.25) is 0 Å². The van der Waals surface area contributed by atoms with Crippen molar-refractivity contribution in [3.63, 3.8) is 0 Å². The summed E-state index contributed by atoms with van der Waals surface area (Å²) in [6.45, 7) is 3.87. The number of fused-ring (bicyclic) bond motifs is 1. The van der Waals surface area contributed by atoms with Crippen LogP contribution in [0, 0.1) is 13.8 Å². The minimum atomic E-state index is -0.221. The second-order valence-corrected chi connectivity index (χ2v) is 7.90. The molecule has 0 atom stereocenters. The molecule has 0 spiro atoms. The Hall–Kier alpha value is -1.51. The fourth-order valence-corrected chi connectivity index (χ4v) is 4.36. The van der Waals surface area contributed by atoms with E-state index in [2.05, 4.69) is 41.9 Å². The third-order valence-corrected chi connectivity index (χ3v) is 5.63. The number of halogens is 2. The summed E-state index contributed by atoms with van der Waals surface area (Å²) in [7, 11) is 0. The van der Waals surface area contributed by atoms with Crippen LogP contribution in [-0.4, -0.2) is 21.0 Å². The predicted molar refractivity (Wildman–Crippen MR) is 99.9 cm³/mol. The molecule has 5 nitrogen and oxygen atoms in total. The van der Waals surface area contributed by atoms with Gasteiger partial charge in [0.25, 0.3) is 5.56 Å². The molecule has 8 heteroatoms. The number of nitrogens with zero attached hydrogens (tertiary/aromatic N) is 3. The molecule has 0 fully saturated rings. The molecule has 0 unspecified atom stereocenters. The number of benzene rings is 1. The van der Waals surface area contributed by atoms with Gasteiger partial charge in [0, 0.05) is 14.9 Å².